The maximum atomic E-state index is 13.2. The fourth-order valence-electron chi connectivity index (χ4n) is 3.07. The van der Waals surface area contributed by atoms with Crippen molar-refractivity contribution in [3.05, 3.63) is 64.9 Å². The highest BCUT2D eigenvalue weighted by Crippen LogP contribution is 2.24. The smallest absolute Gasteiger partial charge is 0.228 e. The first kappa shape index (κ1) is 16.9. The molecule has 0 radical (unpaired) electrons. The van der Waals surface area contributed by atoms with E-state index in [1.807, 2.05) is 30.3 Å². The predicted octanol–water partition coefficient (Wildman–Crippen LogP) is 4.33. The highest BCUT2D eigenvalue weighted by Gasteiger charge is 2.26. The number of carbonyl (C=O) groups is 1. The molecule has 1 amide bonds. The Kier molecular flexibility index (Phi) is 5.48. The number of hydrogen-bond donors (Lipinski definition) is 1. The second-order valence-electron chi connectivity index (χ2n) is 6.17. The fraction of sp³-hybridized carbons (Fsp3) is 0.316. The van der Waals surface area contributed by atoms with Gasteiger partial charge in [-0.3, -0.25) is 9.69 Å². The molecule has 1 aliphatic heterocycles. The minimum atomic E-state index is -0.331. The molecule has 0 saturated carbocycles. The summed E-state index contributed by atoms with van der Waals surface area (Å²) in [7, 11) is 0. The summed E-state index contributed by atoms with van der Waals surface area (Å²) in [5.74, 6) is -0.322. The largest absolute Gasteiger partial charge is 0.326 e. The molecule has 0 bridgehead atoms. The lowest BCUT2D eigenvalue weighted by molar-refractivity contribution is -0.121. The lowest BCUT2D eigenvalue weighted by atomic mass is 9.96. The average Bonchev–Trinajstić information content (AvgIpc) is 2.59. The molecule has 1 aliphatic rings. The molecule has 24 heavy (non-hydrogen) atoms. The van der Waals surface area contributed by atoms with Crippen molar-refractivity contribution < 1.29 is 9.18 Å². The van der Waals surface area contributed by atoms with E-state index in [0.29, 0.717) is 18.1 Å². The third kappa shape index (κ3) is 4.34. The van der Waals surface area contributed by atoms with Gasteiger partial charge in [-0.25, -0.2) is 4.39 Å². The van der Waals surface area contributed by atoms with Gasteiger partial charge in [-0.2, -0.15) is 0 Å². The molecule has 2 aromatic carbocycles. The Bertz CT molecular complexity index is 708. The Hall–Kier alpha value is -1.91. The molecule has 0 aliphatic carbocycles. The Balaban J connectivity index is 1.60. The molecule has 126 valence electrons. The number of halogens is 2. The van der Waals surface area contributed by atoms with Crippen LogP contribution < -0.4 is 5.32 Å². The first-order valence-corrected chi connectivity index (χ1v) is 8.52. The molecule has 3 rings (SSSR count). The molecule has 1 saturated heterocycles. The molecule has 2 aromatic rings. The van der Waals surface area contributed by atoms with Gasteiger partial charge < -0.3 is 5.32 Å². The van der Waals surface area contributed by atoms with E-state index in [2.05, 4.69) is 10.2 Å². The van der Waals surface area contributed by atoms with Crippen LogP contribution in [0.4, 0.5) is 10.1 Å². The van der Waals surface area contributed by atoms with Crippen molar-refractivity contribution in [3.8, 4) is 0 Å². The van der Waals surface area contributed by atoms with Gasteiger partial charge in [0.15, 0.2) is 0 Å². The Morgan fingerprint density at radius 3 is 2.79 bits per heavy atom. The second kappa shape index (κ2) is 7.77. The predicted molar refractivity (Wildman–Crippen MR) is 94.5 cm³/mol. The van der Waals surface area contributed by atoms with Crippen LogP contribution in [0.25, 0.3) is 0 Å². The Morgan fingerprint density at radius 1 is 1.25 bits per heavy atom. The van der Waals surface area contributed by atoms with Crippen LogP contribution in [-0.2, 0) is 11.3 Å². The van der Waals surface area contributed by atoms with Crippen LogP contribution in [0.15, 0.2) is 48.5 Å². The molecular formula is C19H20ClFN2O. The number of hydrogen-bond acceptors (Lipinski definition) is 2. The van der Waals surface area contributed by atoms with E-state index in [-0.39, 0.29) is 17.6 Å². The van der Waals surface area contributed by atoms with Crippen LogP contribution in [-0.4, -0.2) is 23.9 Å². The molecule has 1 heterocycles. The normalized spacial score (nSPS) is 18.3. The first-order chi connectivity index (χ1) is 11.6. The van der Waals surface area contributed by atoms with Crippen molar-refractivity contribution in [2.45, 2.75) is 19.4 Å². The minimum Gasteiger partial charge on any atom is -0.326 e. The lowest BCUT2D eigenvalue weighted by Crippen LogP contribution is -2.40. The zero-order chi connectivity index (χ0) is 16.9. The van der Waals surface area contributed by atoms with E-state index in [0.717, 1.165) is 30.6 Å². The van der Waals surface area contributed by atoms with Crippen molar-refractivity contribution in [3.63, 3.8) is 0 Å². The standard InChI is InChI=1S/C19H20ClFN2O/c20-18-11-16(21)9-8-14(18)12-23-10-4-5-15(13-23)19(24)22-17-6-2-1-3-7-17/h1-3,6-9,11,15H,4-5,10,12-13H2,(H,22,24). The van der Waals surface area contributed by atoms with Gasteiger partial charge in [0, 0.05) is 23.8 Å². The summed E-state index contributed by atoms with van der Waals surface area (Å²) in [6.07, 6.45) is 1.85. The molecule has 3 nitrogen and oxygen atoms in total. The summed E-state index contributed by atoms with van der Waals surface area (Å²) in [5, 5.41) is 3.41. The average molecular weight is 347 g/mol. The monoisotopic (exact) mass is 346 g/mol. The van der Waals surface area contributed by atoms with Gasteiger partial charge in [0.1, 0.15) is 5.82 Å². The number of nitrogens with one attached hydrogen (secondary N) is 1. The minimum absolute atomic E-state index is 0.0434. The number of rotatable bonds is 4. The number of para-hydroxylation sites is 1. The van der Waals surface area contributed by atoms with E-state index >= 15 is 0 Å². The zero-order valence-corrected chi connectivity index (χ0v) is 14.1. The van der Waals surface area contributed by atoms with Crippen LogP contribution in [0.1, 0.15) is 18.4 Å². The number of likely N-dealkylation sites (tertiary alicyclic amines) is 1. The molecule has 1 fully saturated rings. The van der Waals surface area contributed by atoms with Gasteiger partial charge in [0.25, 0.3) is 0 Å². The molecule has 0 aromatic heterocycles. The zero-order valence-electron chi connectivity index (χ0n) is 13.3. The maximum Gasteiger partial charge on any atom is 0.228 e. The molecule has 0 spiro atoms. The summed E-state index contributed by atoms with van der Waals surface area (Å²) in [6, 6.07) is 14.0. The number of anilines is 1. The third-order valence-corrected chi connectivity index (χ3v) is 4.68. The number of piperidine rings is 1. The number of nitrogens with zero attached hydrogens (tertiary/aromatic N) is 1. The summed E-state index contributed by atoms with van der Waals surface area (Å²) >= 11 is 6.11. The van der Waals surface area contributed by atoms with Crippen molar-refractivity contribution in [1.29, 1.82) is 0 Å². The van der Waals surface area contributed by atoms with E-state index in [9.17, 15) is 9.18 Å². The highest BCUT2D eigenvalue weighted by molar-refractivity contribution is 6.31. The van der Waals surface area contributed by atoms with Crippen LogP contribution in [0.5, 0.6) is 0 Å². The molecule has 5 heteroatoms. The third-order valence-electron chi connectivity index (χ3n) is 4.33. The summed E-state index contributed by atoms with van der Waals surface area (Å²) < 4.78 is 13.2. The summed E-state index contributed by atoms with van der Waals surface area (Å²) in [4.78, 5) is 14.7. The van der Waals surface area contributed by atoms with Gasteiger partial charge in [-0.05, 0) is 49.2 Å². The van der Waals surface area contributed by atoms with Crippen molar-refractivity contribution in [1.82, 2.24) is 4.90 Å². The number of amides is 1. The highest BCUT2D eigenvalue weighted by atomic mass is 35.5. The Morgan fingerprint density at radius 2 is 2.04 bits per heavy atom. The van der Waals surface area contributed by atoms with E-state index in [1.54, 1.807) is 6.07 Å². The van der Waals surface area contributed by atoms with Gasteiger partial charge in [0.2, 0.25) is 5.91 Å². The van der Waals surface area contributed by atoms with Gasteiger partial charge in [-0.15, -0.1) is 0 Å². The van der Waals surface area contributed by atoms with Crippen molar-refractivity contribution in [2.75, 3.05) is 18.4 Å². The molecule has 1 atom stereocenters. The van der Waals surface area contributed by atoms with E-state index < -0.39 is 0 Å². The van der Waals surface area contributed by atoms with Gasteiger partial charge in [0.05, 0.1) is 5.92 Å². The molecular weight excluding hydrogens is 327 g/mol. The van der Waals surface area contributed by atoms with Gasteiger partial charge >= 0.3 is 0 Å². The van der Waals surface area contributed by atoms with Gasteiger partial charge in [-0.1, -0.05) is 35.9 Å². The summed E-state index contributed by atoms with van der Waals surface area (Å²) in [6.45, 7) is 2.24. The van der Waals surface area contributed by atoms with Crippen molar-refractivity contribution >= 4 is 23.2 Å². The lowest BCUT2D eigenvalue weighted by Gasteiger charge is -2.32. The summed E-state index contributed by atoms with van der Waals surface area (Å²) in [5.41, 5.74) is 1.71. The van der Waals surface area contributed by atoms with E-state index in [1.165, 1.54) is 12.1 Å². The van der Waals surface area contributed by atoms with Crippen molar-refractivity contribution in [2.24, 2.45) is 5.92 Å². The van der Waals surface area contributed by atoms with Crippen LogP contribution >= 0.6 is 11.6 Å². The topological polar surface area (TPSA) is 32.3 Å². The van der Waals surface area contributed by atoms with E-state index in [4.69, 9.17) is 11.6 Å². The van der Waals surface area contributed by atoms with Crippen LogP contribution in [0, 0.1) is 11.7 Å². The SMILES string of the molecule is O=C(Nc1ccccc1)C1CCCN(Cc2ccc(F)cc2Cl)C1. The number of carbonyl (C=O) groups excluding carboxylic acids is 1. The number of benzene rings is 2. The molecule has 1 N–H and O–H groups in total. The maximum absolute atomic E-state index is 13.2. The second-order valence-corrected chi connectivity index (χ2v) is 6.57. The fourth-order valence-corrected chi connectivity index (χ4v) is 3.30. The Labute approximate surface area is 146 Å². The molecule has 1 unspecified atom stereocenters. The quantitative estimate of drug-likeness (QED) is 0.893. The van der Waals surface area contributed by atoms with Crippen LogP contribution in [0.2, 0.25) is 5.02 Å². The van der Waals surface area contributed by atoms with Crippen LogP contribution in [0.3, 0.4) is 0 Å². The first-order valence-electron chi connectivity index (χ1n) is 8.14.